The number of carbonyl (C=O) groups is 1. The SMILES string of the molecule is O=C(O)c1cccnc1OCCN1CCN(Cc2ccccc2-c2ccc(Cl)cc2)CC1. The van der Waals surface area contributed by atoms with Crippen molar-refractivity contribution in [3.63, 3.8) is 0 Å². The van der Waals surface area contributed by atoms with Crippen LogP contribution in [0, 0.1) is 0 Å². The second-order valence-corrected chi connectivity index (χ2v) is 8.23. The number of hydrogen-bond donors (Lipinski definition) is 1. The standard InChI is InChI=1S/C25H26ClN3O3/c26-21-9-7-19(8-10-21)22-5-2-1-4-20(22)18-29-14-12-28(13-15-29)16-17-32-24-23(25(30)31)6-3-11-27-24/h1-11H,12-18H2,(H,30,31). The maximum absolute atomic E-state index is 11.3. The Morgan fingerprint density at radius 2 is 1.69 bits per heavy atom. The average molecular weight is 452 g/mol. The van der Waals surface area contributed by atoms with Crippen LogP contribution in [-0.4, -0.2) is 65.2 Å². The fraction of sp³-hybridized carbons (Fsp3) is 0.280. The molecule has 3 aromatic rings. The van der Waals surface area contributed by atoms with Crippen LogP contribution in [0.25, 0.3) is 11.1 Å². The monoisotopic (exact) mass is 451 g/mol. The third kappa shape index (κ3) is 5.65. The van der Waals surface area contributed by atoms with E-state index in [1.807, 2.05) is 12.1 Å². The van der Waals surface area contributed by atoms with Crippen molar-refractivity contribution in [2.75, 3.05) is 39.3 Å². The van der Waals surface area contributed by atoms with E-state index in [0.717, 1.165) is 44.3 Å². The number of pyridine rings is 1. The predicted octanol–water partition coefficient (Wildman–Crippen LogP) is 4.30. The molecule has 0 aliphatic carbocycles. The molecule has 0 unspecified atom stereocenters. The Morgan fingerprint density at radius 1 is 0.969 bits per heavy atom. The number of benzene rings is 2. The first-order valence-electron chi connectivity index (χ1n) is 10.7. The molecule has 166 valence electrons. The van der Waals surface area contributed by atoms with Gasteiger partial charge in [-0.2, -0.15) is 0 Å². The Hall–Kier alpha value is -2.93. The minimum absolute atomic E-state index is 0.0941. The van der Waals surface area contributed by atoms with Crippen LogP contribution in [0.3, 0.4) is 0 Å². The third-order valence-corrected chi connectivity index (χ3v) is 5.93. The molecular weight excluding hydrogens is 426 g/mol. The smallest absolute Gasteiger partial charge is 0.341 e. The number of hydrogen-bond acceptors (Lipinski definition) is 5. The summed E-state index contributed by atoms with van der Waals surface area (Å²) in [6, 6.07) is 19.6. The highest BCUT2D eigenvalue weighted by molar-refractivity contribution is 6.30. The Labute approximate surface area is 193 Å². The Kier molecular flexibility index (Phi) is 7.37. The lowest BCUT2D eigenvalue weighted by Crippen LogP contribution is -2.47. The normalized spacial score (nSPS) is 14.9. The van der Waals surface area contributed by atoms with Gasteiger partial charge in [0.05, 0.1) is 0 Å². The van der Waals surface area contributed by atoms with Gasteiger partial charge in [-0.1, -0.05) is 48.0 Å². The van der Waals surface area contributed by atoms with Crippen molar-refractivity contribution in [2.24, 2.45) is 0 Å². The molecule has 1 N–H and O–H groups in total. The first kappa shape index (κ1) is 22.3. The zero-order chi connectivity index (χ0) is 22.3. The quantitative estimate of drug-likeness (QED) is 0.551. The first-order valence-corrected chi connectivity index (χ1v) is 11.1. The van der Waals surface area contributed by atoms with Crippen LogP contribution in [0.15, 0.2) is 66.9 Å². The Balaban J connectivity index is 1.28. The molecule has 6 nitrogen and oxygen atoms in total. The fourth-order valence-electron chi connectivity index (χ4n) is 3.92. The van der Waals surface area contributed by atoms with E-state index in [1.165, 1.54) is 22.8 Å². The molecule has 0 saturated carbocycles. The van der Waals surface area contributed by atoms with Gasteiger partial charge < -0.3 is 9.84 Å². The molecule has 1 aliphatic rings. The number of halogens is 1. The van der Waals surface area contributed by atoms with Gasteiger partial charge in [-0.15, -0.1) is 0 Å². The summed E-state index contributed by atoms with van der Waals surface area (Å²) in [5.74, 6) is -0.849. The third-order valence-electron chi connectivity index (χ3n) is 5.68. The van der Waals surface area contributed by atoms with Crippen molar-refractivity contribution in [3.05, 3.63) is 83.0 Å². The van der Waals surface area contributed by atoms with Crippen LogP contribution < -0.4 is 4.74 Å². The zero-order valence-corrected chi connectivity index (χ0v) is 18.5. The zero-order valence-electron chi connectivity index (χ0n) is 17.8. The molecule has 0 atom stereocenters. The molecule has 1 fully saturated rings. The van der Waals surface area contributed by atoms with Crippen molar-refractivity contribution in [2.45, 2.75) is 6.54 Å². The van der Waals surface area contributed by atoms with Gasteiger partial charge in [0.1, 0.15) is 12.2 Å². The lowest BCUT2D eigenvalue weighted by Gasteiger charge is -2.35. The summed E-state index contributed by atoms with van der Waals surface area (Å²) < 4.78 is 5.64. The number of carboxylic acids is 1. The molecule has 2 heterocycles. The van der Waals surface area contributed by atoms with Crippen LogP contribution in [0.1, 0.15) is 15.9 Å². The van der Waals surface area contributed by atoms with Crippen molar-refractivity contribution < 1.29 is 14.6 Å². The molecule has 32 heavy (non-hydrogen) atoms. The highest BCUT2D eigenvalue weighted by Gasteiger charge is 2.19. The van der Waals surface area contributed by atoms with E-state index in [-0.39, 0.29) is 11.4 Å². The summed E-state index contributed by atoms with van der Waals surface area (Å²) in [6.45, 7) is 5.89. The number of rotatable bonds is 8. The van der Waals surface area contributed by atoms with Crippen molar-refractivity contribution in [1.29, 1.82) is 0 Å². The summed E-state index contributed by atoms with van der Waals surface area (Å²) in [6.07, 6.45) is 1.54. The average Bonchev–Trinajstić information content (AvgIpc) is 2.81. The maximum atomic E-state index is 11.3. The second-order valence-electron chi connectivity index (χ2n) is 7.79. The van der Waals surface area contributed by atoms with Gasteiger partial charge >= 0.3 is 5.97 Å². The summed E-state index contributed by atoms with van der Waals surface area (Å²) in [5.41, 5.74) is 3.82. The summed E-state index contributed by atoms with van der Waals surface area (Å²) in [7, 11) is 0. The van der Waals surface area contributed by atoms with Crippen LogP contribution in [0.4, 0.5) is 0 Å². The van der Waals surface area contributed by atoms with E-state index in [4.69, 9.17) is 16.3 Å². The van der Waals surface area contributed by atoms with E-state index in [2.05, 4.69) is 51.2 Å². The van der Waals surface area contributed by atoms with E-state index in [0.29, 0.717) is 6.61 Å². The lowest BCUT2D eigenvalue weighted by molar-refractivity contribution is 0.0689. The van der Waals surface area contributed by atoms with Crippen LogP contribution >= 0.6 is 11.6 Å². The highest BCUT2D eigenvalue weighted by Crippen LogP contribution is 2.26. The number of ether oxygens (including phenoxy) is 1. The van der Waals surface area contributed by atoms with Gasteiger partial charge in [0.15, 0.2) is 0 Å². The first-order chi connectivity index (χ1) is 15.6. The van der Waals surface area contributed by atoms with Gasteiger partial charge in [-0.3, -0.25) is 9.80 Å². The van der Waals surface area contributed by atoms with Gasteiger partial charge in [0, 0.05) is 50.5 Å². The van der Waals surface area contributed by atoms with Gasteiger partial charge in [0.25, 0.3) is 0 Å². The van der Waals surface area contributed by atoms with Crippen LogP contribution in [0.5, 0.6) is 5.88 Å². The van der Waals surface area contributed by atoms with Crippen molar-refractivity contribution in [1.82, 2.24) is 14.8 Å². The largest absolute Gasteiger partial charge is 0.477 e. The molecule has 7 heteroatoms. The maximum Gasteiger partial charge on any atom is 0.341 e. The molecular formula is C25H26ClN3O3. The Bertz CT molecular complexity index is 1050. The number of carboxylic acid groups (broad SMARTS) is 1. The lowest BCUT2D eigenvalue weighted by atomic mass is 9.99. The molecule has 2 aromatic carbocycles. The second kappa shape index (κ2) is 10.6. The molecule has 1 saturated heterocycles. The molecule has 0 amide bonds. The molecule has 0 bridgehead atoms. The molecule has 0 radical (unpaired) electrons. The minimum Gasteiger partial charge on any atom is -0.477 e. The number of piperazine rings is 1. The van der Waals surface area contributed by atoms with E-state index in [9.17, 15) is 9.90 Å². The molecule has 1 aliphatic heterocycles. The number of aromatic nitrogens is 1. The van der Waals surface area contributed by atoms with Crippen LogP contribution in [-0.2, 0) is 6.54 Å². The van der Waals surface area contributed by atoms with E-state index < -0.39 is 5.97 Å². The summed E-state index contributed by atoms with van der Waals surface area (Å²) in [4.78, 5) is 20.1. The predicted molar refractivity (Wildman–Crippen MR) is 125 cm³/mol. The van der Waals surface area contributed by atoms with Gasteiger partial charge in [-0.25, -0.2) is 9.78 Å². The molecule has 0 spiro atoms. The highest BCUT2D eigenvalue weighted by atomic mass is 35.5. The summed E-state index contributed by atoms with van der Waals surface area (Å²) in [5, 5.41) is 9.97. The van der Waals surface area contributed by atoms with E-state index in [1.54, 1.807) is 12.3 Å². The topological polar surface area (TPSA) is 65.9 Å². The van der Waals surface area contributed by atoms with Crippen LogP contribution in [0.2, 0.25) is 5.02 Å². The van der Waals surface area contributed by atoms with Crippen molar-refractivity contribution in [3.8, 4) is 17.0 Å². The Morgan fingerprint density at radius 3 is 2.44 bits per heavy atom. The number of nitrogens with zero attached hydrogens (tertiary/aromatic N) is 3. The minimum atomic E-state index is -1.03. The molecule has 1 aromatic heterocycles. The summed E-state index contributed by atoms with van der Waals surface area (Å²) >= 11 is 6.05. The van der Waals surface area contributed by atoms with Gasteiger partial charge in [-0.05, 0) is 41.0 Å². The van der Waals surface area contributed by atoms with E-state index >= 15 is 0 Å². The fourth-order valence-corrected chi connectivity index (χ4v) is 4.05. The van der Waals surface area contributed by atoms with Crippen molar-refractivity contribution >= 4 is 17.6 Å². The number of aromatic carboxylic acids is 1. The molecule has 4 rings (SSSR count). The van der Waals surface area contributed by atoms with Gasteiger partial charge in [0.2, 0.25) is 5.88 Å².